The van der Waals surface area contributed by atoms with Crippen molar-refractivity contribution in [2.45, 2.75) is 0 Å². The average Bonchev–Trinajstić information content (AvgIpc) is 3.76. The van der Waals surface area contributed by atoms with E-state index in [1.54, 1.807) is 0 Å². The Bertz CT molecular complexity index is 2730. The molecule has 0 bridgehead atoms. The van der Waals surface area contributed by atoms with Gasteiger partial charge in [0.2, 0.25) is 5.95 Å². The predicted molar refractivity (Wildman–Crippen MR) is 183 cm³/mol. The van der Waals surface area contributed by atoms with E-state index in [2.05, 4.69) is 130 Å². The predicted octanol–water partition coefficient (Wildman–Crippen LogP) is 10.2. The monoisotopic (exact) mass is 576 g/mol. The molecule has 0 fully saturated rings. The molecule has 10 rings (SSSR count). The molecular formula is C40H24N4O. The molecule has 45 heavy (non-hydrogen) atoms. The third kappa shape index (κ3) is 3.43. The van der Waals surface area contributed by atoms with Gasteiger partial charge in [-0.3, -0.25) is 4.57 Å². The van der Waals surface area contributed by atoms with Crippen molar-refractivity contribution in [1.82, 2.24) is 19.1 Å². The summed E-state index contributed by atoms with van der Waals surface area (Å²) in [5, 5.41) is 6.90. The largest absolute Gasteiger partial charge is 0.455 e. The van der Waals surface area contributed by atoms with Crippen molar-refractivity contribution >= 4 is 65.6 Å². The van der Waals surface area contributed by atoms with Gasteiger partial charge in [-0.25, -0.2) is 9.97 Å². The van der Waals surface area contributed by atoms with Crippen molar-refractivity contribution in [3.63, 3.8) is 0 Å². The fourth-order valence-electron chi connectivity index (χ4n) is 7.07. The number of para-hydroxylation sites is 4. The first-order valence-corrected chi connectivity index (χ1v) is 15.1. The lowest BCUT2D eigenvalue weighted by molar-refractivity contribution is 0.673. The Hall–Kier alpha value is -6.20. The molecule has 4 heterocycles. The molecule has 0 spiro atoms. The number of benzene rings is 6. The van der Waals surface area contributed by atoms with Gasteiger partial charge in [-0.1, -0.05) is 84.9 Å². The van der Waals surface area contributed by atoms with E-state index in [1.165, 1.54) is 21.8 Å². The van der Waals surface area contributed by atoms with Crippen LogP contribution in [0.2, 0.25) is 0 Å². The van der Waals surface area contributed by atoms with Gasteiger partial charge in [0.15, 0.2) is 0 Å². The normalized spacial score (nSPS) is 12.0. The van der Waals surface area contributed by atoms with Crippen LogP contribution in [0.1, 0.15) is 0 Å². The Morgan fingerprint density at radius 2 is 1.16 bits per heavy atom. The van der Waals surface area contributed by atoms with Gasteiger partial charge in [0.25, 0.3) is 0 Å². The maximum Gasteiger partial charge on any atom is 0.235 e. The minimum Gasteiger partial charge on any atom is -0.455 e. The summed E-state index contributed by atoms with van der Waals surface area (Å²) < 4.78 is 11.0. The number of hydrogen-bond acceptors (Lipinski definition) is 3. The minimum atomic E-state index is 0.622. The second kappa shape index (κ2) is 9.15. The molecule has 0 saturated heterocycles. The second-order valence-corrected chi connectivity index (χ2v) is 11.4. The molecule has 0 aliphatic carbocycles. The van der Waals surface area contributed by atoms with Crippen LogP contribution in [0.4, 0.5) is 0 Å². The number of rotatable bonds is 3. The Balaban J connectivity index is 1.18. The summed E-state index contributed by atoms with van der Waals surface area (Å²) in [5.74, 6) is 0.622. The zero-order valence-corrected chi connectivity index (χ0v) is 24.1. The van der Waals surface area contributed by atoms with Crippen molar-refractivity contribution in [3.8, 4) is 22.9 Å². The molecule has 0 N–H and O–H groups in total. The number of hydrogen-bond donors (Lipinski definition) is 0. The van der Waals surface area contributed by atoms with E-state index >= 15 is 0 Å². The van der Waals surface area contributed by atoms with Crippen molar-refractivity contribution in [3.05, 3.63) is 146 Å². The van der Waals surface area contributed by atoms with Crippen molar-refractivity contribution < 1.29 is 4.42 Å². The Morgan fingerprint density at radius 1 is 0.489 bits per heavy atom. The maximum atomic E-state index is 6.47. The molecule has 4 aromatic heterocycles. The molecule has 210 valence electrons. The summed E-state index contributed by atoms with van der Waals surface area (Å²) in [6.07, 6.45) is 1.85. The van der Waals surface area contributed by atoms with Gasteiger partial charge in [-0.05, 0) is 54.6 Å². The molecule has 5 nitrogen and oxygen atoms in total. The van der Waals surface area contributed by atoms with E-state index in [0.29, 0.717) is 5.95 Å². The van der Waals surface area contributed by atoms with Gasteiger partial charge < -0.3 is 8.98 Å². The third-order valence-corrected chi connectivity index (χ3v) is 9.00. The van der Waals surface area contributed by atoms with Gasteiger partial charge in [-0.2, -0.15) is 0 Å². The van der Waals surface area contributed by atoms with Crippen LogP contribution in [0, 0.1) is 0 Å². The van der Waals surface area contributed by atoms with Crippen LogP contribution in [-0.2, 0) is 0 Å². The van der Waals surface area contributed by atoms with E-state index in [0.717, 1.165) is 60.7 Å². The molecule has 0 unspecified atom stereocenters. The number of furan rings is 1. The summed E-state index contributed by atoms with van der Waals surface area (Å²) in [6.45, 7) is 0. The molecular weight excluding hydrogens is 552 g/mol. The van der Waals surface area contributed by atoms with Crippen LogP contribution < -0.4 is 0 Å². The van der Waals surface area contributed by atoms with Crippen molar-refractivity contribution in [1.29, 1.82) is 0 Å². The second-order valence-electron chi connectivity index (χ2n) is 11.4. The number of nitrogens with zero attached hydrogens (tertiary/aromatic N) is 4. The highest BCUT2D eigenvalue weighted by molar-refractivity contribution is 6.23. The van der Waals surface area contributed by atoms with Crippen molar-refractivity contribution in [2.75, 3.05) is 0 Å². The highest BCUT2D eigenvalue weighted by atomic mass is 16.3. The molecule has 0 saturated carbocycles. The zero-order chi connectivity index (χ0) is 29.5. The molecule has 0 radical (unpaired) electrons. The fourth-order valence-corrected chi connectivity index (χ4v) is 7.07. The van der Waals surface area contributed by atoms with E-state index in [-0.39, 0.29) is 0 Å². The van der Waals surface area contributed by atoms with Gasteiger partial charge in [0.05, 0.1) is 33.1 Å². The van der Waals surface area contributed by atoms with Crippen LogP contribution in [0.15, 0.2) is 150 Å². The van der Waals surface area contributed by atoms with Crippen LogP contribution >= 0.6 is 0 Å². The molecule has 0 aliphatic heterocycles. The molecule has 0 aliphatic rings. The Morgan fingerprint density at radius 3 is 1.93 bits per heavy atom. The van der Waals surface area contributed by atoms with Crippen LogP contribution in [0.3, 0.4) is 0 Å². The Labute approximate surface area is 257 Å². The summed E-state index contributed by atoms with van der Waals surface area (Å²) in [4.78, 5) is 9.97. The zero-order valence-electron chi connectivity index (χ0n) is 24.1. The lowest BCUT2D eigenvalue weighted by atomic mass is 10.1. The smallest absolute Gasteiger partial charge is 0.235 e. The van der Waals surface area contributed by atoms with Gasteiger partial charge in [0, 0.05) is 44.4 Å². The first-order chi connectivity index (χ1) is 22.3. The first-order valence-electron chi connectivity index (χ1n) is 15.1. The highest BCUT2D eigenvalue weighted by Crippen LogP contribution is 2.40. The lowest BCUT2D eigenvalue weighted by Crippen LogP contribution is -2.02. The average molecular weight is 577 g/mol. The van der Waals surface area contributed by atoms with E-state index in [1.807, 2.05) is 24.4 Å². The van der Waals surface area contributed by atoms with Crippen LogP contribution in [0.25, 0.3) is 88.4 Å². The van der Waals surface area contributed by atoms with Crippen LogP contribution in [-0.4, -0.2) is 19.1 Å². The summed E-state index contributed by atoms with van der Waals surface area (Å²) in [6, 6.07) is 48.7. The van der Waals surface area contributed by atoms with Gasteiger partial charge in [-0.15, -0.1) is 0 Å². The fraction of sp³-hybridized carbons (Fsp3) is 0. The van der Waals surface area contributed by atoms with E-state index < -0.39 is 0 Å². The minimum absolute atomic E-state index is 0.622. The molecule has 6 aromatic carbocycles. The Kier molecular flexibility index (Phi) is 4.93. The molecule has 0 atom stereocenters. The SMILES string of the molecule is c1cc(-c2ccnc(-n3c4ccccc4c4c5oc6ccccc6c5ccc43)n2)cc(-n2c3ccccc3c3ccccc32)c1. The quantitative estimate of drug-likeness (QED) is 0.210. The number of fused-ring (bicyclic) bond motifs is 10. The highest BCUT2D eigenvalue weighted by Gasteiger charge is 2.20. The van der Waals surface area contributed by atoms with E-state index in [4.69, 9.17) is 14.4 Å². The topological polar surface area (TPSA) is 48.8 Å². The summed E-state index contributed by atoms with van der Waals surface area (Å²) in [5.41, 5.74) is 9.17. The lowest BCUT2D eigenvalue weighted by Gasteiger charge is -2.11. The standard InChI is InChI=1S/C40H24N4O/c1-5-16-33-27(12-1)28-13-2-6-17-34(28)43(33)26-11-9-10-25(24-26)32-22-23-41-40(42-32)44-35-18-7-3-15-31(35)38-36(44)21-20-30-29-14-4-8-19-37(29)45-39(30)38/h1-24H. The first kappa shape index (κ1) is 24.3. The molecule has 5 heteroatoms. The summed E-state index contributed by atoms with van der Waals surface area (Å²) in [7, 11) is 0. The van der Waals surface area contributed by atoms with Gasteiger partial charge in [0.1, 0.15) is 11.2 Å². The molecule has 10 aromatic rings. The molecule has 0 amide bonds. The number of aromatic nitrogens is 4. The van der Waals surface area contributed by atoms with Gasteiger partial charge >= 0.3 is 0 Å². The summed E-state index contributed by atoms with van der Waals surface area (Å²) >= 11 is 0. The maximum absolute atomic E-state index is 6.47. The van der Waals surface area contributed by atoms with Crippen molar-refractivity contribution in [2.24, 2.45) is 0 Å². The van der Waals surface area contributed by atoms with Crippen LogP contribution in [0.5, 0.6) is 0 Å². The third-order valence-electron chi connectivity index (χ3n) is 9.00. The van der Waals surface area contributed by atoms with E-state index in [9.17, 15) is 0 Å².